The average Bonchev–Trinajstić information content (AvgIpc) is 2.83. The van der Waals surface area contributed by atoms with Crippen molar-refractivity contribution >= 4 is 23.9 Å². The number of nitrogens with zero attached hydrogens (tertiary/aromatic N) is 2. The number of carbonyl (C=O) groups is 4. The molecular weight excluding hydrogens is 352 g/mol. The molecule has 1 aliphatic rings. The summed E-state index contributed by atoms with van der Waals surface area (Å²) in [5, 5.41) is 0.433. The molecule has 0 saturated carbocycles. The summed E-state index contributed by atoms with van der Waals surface area (Å²) < 4.78 is 5.32. The molecule has 0 saturated heterocycles. The van der Waals surface area contributed by atoms with Gasteiger partial charge >= 0.3 is 12.1 Å². The molecule has 27 heavy (non-hydrogen) atoms. The lowest BCUT2D eigenvalue weighted by Crippen LogP contribution is -2.48. The van der Waals surface area contributed by atoms with Gasteiger partial charge in [0.25, 0.3) is 11.8 Å². The van der Waals surface area contributed by atoms with Crippen LogP contribution in [0.3, 0.4) is 0 Å². The first kappa shape index (κ1) is 20.4. The largest absolute Gasteiger partial charge is 0.444 e. The fraction of sp³-hybridized carbons (Fsp3) is 0.474. The van der Waals surface area contributed by atoms with Crippen LogP contribution < -0.4 is 0 Å². The van der Waals surface area contributed by atoms with Crippen LogP contribution in [0.15, 0.2) is 24.3 Å². The van der Waals surface area contributed by atoms with Crippen molar-refractivity contribution in [1.82, 2.24) is 9.96 Å². The molecule has 146 valence electrons. The molecule has 0 spiro atoms. The van der Waals surface area contributed by atoms with E-state index in [2.05, 4.69) is 0 Å². The average molecular weight is 376 g/mol. The molecule has 0 bridgehead atoms. The minimum atomic E-state index is -1.04. The monoisotopic (exact) mass is 376 g/mol. The summed E-state index contributed by atoms with van der Waals surface area (Å²) >= 11 is 0. The van der Waals surface area contributed by atoms with Gasteiger partial charge in [0.1, 0.15) is 11.6 Å². The van der Waals surface area contributed by atoms with E-state index in [0.717, 1.165) is 0 Å². The molecule has 0 aliphatic carbocycles. The lowest BCUT2D eigenvalue weighted by atomic mass is 10.1. The highest BCUT2D eigenvalue weighted by atomic mass is 16.7. The normalized spacial score (nSPS) is 14.6. The third-order valence-corrected chi connectivity index (χ3v) is 3.84. The molecule has 8 nitrogen and oxygen atoms in total. The number of hydrogen-bond acceptors (Lipinski definition) is 6. The number of fused-ring (bicyclic) bond motifs is 1. The van der Waals surface area contributed by atoms with Gasteiger partial charge in [-0.2, -0.15) is 0 Å². The van der Waals surface area contributed by atoms with Gasteiger partial charge in [-0.25, -0.2) is 9.59 Å². The van der Waals surface area contributed by atoms with Gasteiger partial charge in [0.15, 0.2) is 0 Å². The van der Waals surface area contributed by atoms with Crippen LogP contribution in [0.5, 0.6) is 0 Å². The Labute approximate surface area is 158 Å². The van der Waals surface area contributed by atoms with Crippen LogP contribution in [-0.2, 0) is 14.4 Å². The highest BCUT2D eigenvalue weighted by Crippen LogP contribution is 2.23. The number of amides is 3. The summed E-state index contributed by atoms with van der Waals surface area (Å²) in [6.07, 6.45) is -0.0830. The highest BCUT2D eigenvalue weighted by Gasteiger charge is 2.40. The zero-order valence-corrected chi connectivity index (χ0v) is 16.1. The molecule has 1 atom stereocenters. The van der Waals surface area contributed by atoms with Crippen molar-refractivity contribution in [3.05, 3.63) is 35.4 Å². The smallest absolute Gasteiger partial charge is 0.411 e. The van der Waals surface area contributed by atoms with Gasteiger partial charge < -0.3 is 9.57 Å². The van der Waals surface area contributed by atoms with Crippen LogP contribution in [0.1, 0.15) is 61.8 Å². The number of imide groups is 1. The summed E-state index contributed by atoms with van der Waals surface area (Å²) in [5.41, 5.74) is -0.393. The maximum atomic E-state index is 12.5. The van der Waals surface area contributed by atoms with Crippen molar-refractivity contribution in [1.29, 1.82) is 0 Å². The molecule has 0 fully saturated rings. The van der Waals surface area contributed by atoms with Crippen LogP contribution in [0.2, 0.25) is 0 Å². The molecule has 3 amide bonds. The van der Waals surface area contributed by atoms with E-state index in [0.29, 0.717) is 11.5 Å². The minimum absolute atomic E-state index is 0.167. The molecule has 0 radical (unpaired) electrons. The van der Waals surface area contributed by atoms with Crippen molar-refractivity contribution in [2.24, 2.45) is 0 Å². The Kier molecular flexibility index (Phi) is 5.88. The number of ether oxygens (including phenoxy) is 1. The van der Waals surface area contributed by atoms with Crippen molar-refractivity contribution in [2.45, 2.75) is 52.7 Å². The maximum absolute atomic E-state index is 12.5. The van der Waals surface area contributed by atoms with Gasteiger partial charge in [-0.05, 0) is 46.2 Å². The van der Waals surface area contributed by atoms with Gasteiger partial charge in [0, 0.05) is 6.54 Å². The van der Waals surface area contributed by atoms with Gasteiger partial charge in [0.2, 0.25) is 0 Å². The zero-order valence-electron chi connectivity index (χ0n) is 16.1. The van der Waals surface area contributed by atoms with E-state index in [-0.39, 0.29) is 17.7 Å². The molecule has 0 aromatic heterocycles. The van der Waals surface area contributed by atoms with Crippen molar-refractivity contribution in [3.8, 4) is 0 Å². The van der Waals surface area contributed by atoms with Gasteiger partial charge in [0.05, 0.1) is 11.1 Å². The van der Waals surface area contributed by atoms with E-state index < -0.39 is 35.5 Å². The predicted octanol–water partition coefficient (Wildman–Crippen LogP) is 2.78. The lowest BCUT2D eigenvalue weighted by Gasteiger charge is -2.30. The molecule has 0 N–H and O–H groups in total. The fourth-order valence-electron chi connectivity index (χ4n) is 2.55. The molecule has 1 unspecified atom stereocenters. The Morgan fingerprint density at radius 2 is 1.63 bits per heavy atom. The van der Waals surface area contributed by atoms with Crippen LogP contribution in [-0.4, -0.2) is 52.0 Å². The van der Waals surface area contributed by atoms with Crippen molar-refractivity contribution < 1.29 is 28.8 Å². The van der Waals surface area contributed by atoms with Gasteiger partial charge in [-0.1, -0.05) is 24.1 Å². The van der Waals surface area contributed by atoms with Gasteiger partial charge in [-0.3, -0.25) is 14.5 Å². The van der Waals surface area contributed by atoms with E-state index >= 15 is 0 Å². The number of hydroxylamine groups is 2. The lowest BCUT2D eigenvalue weighted by molar-refractivity contribution is -0.174. The summed E-state index contributed by atoms with van der Waals surface area (Å²) in [7, 11) is 0. The highest BCUT2D eigenvalue weighted by molar-refractivity contribution is 6.20. The summed E-state index contributed by atoms with van der Waals surface area (Å²) in [4.78, 5) is 55.8. The van der Waals surface area contributed by atoms with E-state index in [1.165, 1.54) is 24.0 Å². The first-order valence-corrected chi connectivity index (χ1v) is 8.76. The minimum Gasteiger partial charge on any atom is -0.444 e. The molecule has 1 heterocycles. The molecule has 1 aromatic rings. The SMILES string of the molecule is CCCN(C(=O)OC(C)(C)C)C(C)C(=O)ON1C(=O)c2ccccc2C1=O. The Bertz CT molecular complexity index is 733. The summed E-state index contributed by atoms with van der Waals surface area (Å²) in [6.45, 7) is 8.72. The molecule has 1 aromatic carbocycles. The quantitative estimate of drug-likeness (QED) is 0.734. The second-order valence-electron chi connectivity index (χ2n) is 7.21. The number of rotatable bonds is 5. The van der Waals surface area contributed by atoms with E-state index in [4.69, 9.17) is 9.57 Å². The molecule has 2 rings (SSSR count). The van der Waals surface area contributed by atoms with Gasteiger partial charge in [-0.15, -0.1) is 0 Å². The molecule has 8 heteroatoms. The van der Waals surface area contributed by atoms with Crippen LogP contribution >= 0.6 is 0 Å². The second-order valence-corrected chi connectivity index (χ2v) is 7.21. The maximum Gasteiger partial charge on any atom is 0.411 e. The fourth-order valence-corrected chi connectivity index (χ4v) is 2.55. The number of hydrogen-bond donors (Lipinski definition) is 0. The summed E-state index contributed by atoms with van der Waals surface area (Å²) in [5.74, 6) is -2.32. The van der Waals surface area contributed by atoms with E-state index in [1.54, 1.807) is 32.9 Å². The third-order valence-electron chi connectivity index (χ3n) is 3.84. The zero-order chi connectivity index (χ0) is 20.4. The Morgan fingerprint density at radius 3 is 2.07 bits per heavy atom. The molecular formula is C19H24N2O6. The van der Waals surface area contributed by atoms with Crippen molar-refractivity contribution in [2.75, 3.05) is 6.54 Å². The predicted molar refractivity (Wildman–Crippen MR) is 95.7 cm³/mol. The first-order valence-electron chi connectivity index (χ1n) is 8.76. The van der Waals surface area contributed by atoms with E-state index in [9.17, 15) is 19.2 Å². The Hall–Kier alpha value is -2.90. The van der Waals surface area contributed by atoms with Crippen LogP contribution in [0.4, 0.5) is 4.79 Å². The summed E-state index contributed by atoms with van der Waals surface area (Å²) in [6, 6.07) is 5.16. The van der Waals surface area contributed by atoms with Crippen molar-refractivity contribution in [3.63, 3.8) is 0 Å². The Balaban J connectivity index is 2.13. The number of carbonyl (C=O) groups excluding carboxylic acids is 4. The molecule has 1 aliphatic heterocycles. The number of benzene rings is 1. The topological polar surface area (TPSA) is 93.2 Å². The first-order chi connectivity index (χ1) is 12.6. The standard InChI is InChI=1S/C19H24N2O6/c1-6-11-20(18(25)26-19(3,4)5)12(2)17(24)27-21-15(22)13-9-7-8-10-14(13)16(21)23/h7-10,12H,6,11H2,1-5H3. The Morgan fingerprint density at radius 1 is 1.11 bits per heavy atom. The second kappa shape index (κ2) is 7.77. The third kappa shape index (κ3) is 4.45. The van der Waals surface area contributed by atoms with Crippen LogP contribution in [0, 0.1) is 0 Å². The van der Waals surface area contributed by atoms with E-state index in [1.807, 2.05) is 6.92 Å². The van der Waals surface area contributed by atoms with Crippen LogP contribution in [0.25, 0.3) is 0 Å².